The molecule has 2 N–H and O–H groups in total. The quantitative estimate of drug-likeness (QED) is 0.911. The molecule has 2 aromatic carbocycles. The number of hydrogen-bond donors (Lipinski definition) is 1. The van der Waals surface area contributed by atoms with Crippen molar-refractivity contribution in [1.82, 2.24) is 0 Å². The van der Waals surface area contributed by atoms with Gasteiger partial charge in [0, 0.05) is 12.1 Å². The lowest BCUT2D eigenvalue weighted by molar-refractivity contribution is 0.303. The van der Waals surface area contributed by atoms with Crippen molar-refractivity contribution in [3.63, 3.8) is 0 Å². The molecule has 0 heterocycles. The van der Waals surface area contributed by atoms with Gasteiger partial charge in [-0.15, -0.1) is 0 Å². The minimum Gasteiger partial charge on any atom is -0.487 e. The molecule has 0 atom stereocenters. The lowest BCUT2D eigenvalue weighted by Crippen LogP contribution is -2.03. The van der Waals surface area contributed by atoms with E-state index in [9.17, 15) is 0 Å². The molecule has 0 fully saturated rings. The summed E-state index contributed by atoms with van der Waals surface area (Å²) in [4.78, 5) is 0. The molecule has 2 aromatic rings. The Morgan fingerprint density at radius 1 is 1.17 bits per heavy atom. The first-order valence-electron chi connectivity index (χ1n) is 5.86. The molecule has 0 saturated carbocycles. The standard InChI is InChI=1S/C15H16ClNO/c1-11-4-2-5-12(8-11)10-18-15-13(9-17)6-3-7-14(15)16/h2-8H,9-10,17H2,1H3. The molecule has 2 nitrogen and oxygen atoms in total. The Bertz CT molecular complexity index is 540. The Morgan fingerprint density at radius 2 is 1.94 bits per heavy atom. The number of aryl methyl sites for hydroxylation is 1. The summed E-state index contributed by atoms with van der Waals surface area (Å²) in [7, 11) is 0. The molecule has 0 aliphatic heterocycles. The Labute approximate surface area is 112 Å². The van der Waals surface area contributed by atoms with Crippen molar-refractivity contribution in [3.8, 4) is 5.75 Å². The van der Waals surface area contributed by atoms with E-state index >= 15 is 0 Å². The van der Waals surface area contributed by atoms with Crippen LogP contribution in [0.15, 0.2) is 42.5 Å². The van der Waals surface area contributed by atoms with Crippen molar-refractivity contribution in [3.05, 3.63) is 64.2 Å². The van der Waals surface area contributed by atoms with Crippen LogP contribution in [0.4, 0.5) is 0 Å². The third kappa shape index (κ3) is 3.03. The second kappa shape index (κ2) is 5.89. The van der Waals surface area contributed by atoms with Crippen LogP contribution in [0.1, 0.15) is 16.7 Å². The molecule has 0 saturated heterocycles. The summed E-state index contributed by atoms with van der Waals surface area (Å²) in [5, 5.41) is 0.602. The van der Waals surface area contributed by atoms with E-state index in [1.807, 2.05) is 30.3 Å². The van der Waals surface area contributed by atoms with Crippen molar-refractivity contribution in [2.24, 2.45) is 5.73 Å². The van der Waals surface area contributed by atoms with Gasteiger partial charge in [-0.3, -0.25) is 0 Å². The van der Waals surface area contributed by atoms with Crippen molar-refractivity contribution >= 4 is 11.6 Å². The number of nitrogens with two attached hydrogens (primary N) is 1. The van der Waals surface area contributed by atoms with Gasteiger partial charge >= 0.3 is 0 Å². The van der Waals surface area contributed by atoms with E-state index in [4.69, 9.17) is 22.1 Å². The predicted molar refractivity (Wildman–Crippen MR) is 74.9 cm³/mol. The molecule has 0 aromatic heterocycles. The van der Waals surface area contributed by atoms with Gasteiger partial charge < -0.3 is 10.5 Å². The van der Waals surface area contributed by atoms with Gasteiger partial charge in [-0.2, -0.15) is 0 Å². The van der Waals surface area contributed by atoms with E-state index in [0.29, 0.717) is 23.9 Å². The minimum atomic E-state index is 0.420. The lowest BCUT2D eigenvalue weighted by atomic mass is 10.1. The average molecular weight is 262 g/mol. The van der Waals surface area contributed by atoms with E-state index in [1.165, 1.54) is 5.56 Å². The minimum absolute atomic E-state index is 0.420. The van der Waals surface area contributed by atoms with Crippen LogP contribution in [0.25, 0.3) is 0 Å². The van der Waals surface area contributed by atoms with Crippen LogP contribution in [0, 0.1) is 6.92 Å². The van der Waals surface area contributed by atoms with Crippen LogP contribution in [-0.4, -0.2) is 0 Å². The number of benzene rings is 2. The summed E-state index contributed by atoms with van der Waals surface area (Å²) in [5.74, 6) is 0.683. The number of para-hydroxylation sites is 1. The second-order valence-electron chi connectivity index (χ2n) is 4.21. The third-order valence-corrected chi connectivity index (χ3v) is 3.03. The first-order valence-corrected chi connectivity index (χ1v) is 6.24. The summed E-state index contributed by atoms with van der Waals surface area (Å²) >= 11 is 6.13. The van der Waals surface area contributed by atoms with E-state index < -0.39 is 0 Å². The number of halogens is 1. The van der Waals surface area contributed by atoms with E-state index in [2.05, 4.69) is 19.1 Å². The van der Waals surface area contributed by atoms with Gasteiger partial charge in [0.1, 0.15) is 12.4 Å². The lowest BCUT2D eigenvalue weighted by Gasteiger charge is -2.12. The third-order valence-electron chi connectivity index (χ3n) is 2.73. The smallest absolute Gasteiger partial charge is 0.142 e. The normalized spacial score (nSPS) is 10.4. The summed E-state index contributed by atoms with van der Waals surface area (Å²) in [6.07, 6.45) is 0. The molecule has 0 aliphatic rings. The molecule has 0 radical (unpaired) electrons. The number of hydrogen-bond acceptors (Lipinski definition) is 2. The zero-order chi connectivity index (χ0) is 13.0. The Kier molecular flexibility index (Phi) is 4.24. The van der Waals surface area contributed by atoms with E-state index in [-0.39, 0.29) is 0 Å². The van der Waals surface area contributed by atoms with Crippen LogP contribution in [0.3, 0.4) is 0 Å². The van der Waals surface area contributed by atoms with Crippen molar-refractivity contribution in [2.45, 2.75) is 20.1 Å². The Hall–Kier alpha value is -1.51. The van der Waals surface area contributed by atoms with Gasteiger partial charge in [0.15, 0.2) is 0 Å². The molecule has 0 spiro atoms. The van der Waals surface area contributed by atoms with Gasteiger partial charge in [-0.1, -0.05) is 53.6 Å². The molecule has 0 unspecified atom stereocenters. The van der Waals surface area contributed by atoms with Crippen LogP contribution >= 0.6 is 11.6 Å². The first-order chi connectivity index (χ1) is 8.70. The molecule has 94 valence electrons. The average Bonchev–Trinajstić information content (AvgIpc) is 2.37. The van der Waals surface area contributed by atoms with Crippen molar-refractivity contribution in [1.29, 1.82) is 0 Å². The van der Waals surface area contributed by atoms with Crippen LogP contribution in [0.2, 0.25) is 5.02 Å². The Balaban J connectivity index is 2.15. The topological polar surface area (TPSA) is 35.2 Å². The van der Waals surface area contributed by atoms with Gasteiger partial charge in [-0.05, 0) is 18.6 Å². The van der Waals surface area contributed by atoms with Crippen molar-refractivity contribution < 1.29 is 4.74 Å². The van der Waals surface area contributed by atoms with Crippen LogP contribution < -0.4 is 10.5 Å². The highest BCUT2D eigenvalue weighted by atomic mass is 35.5. The van der Waals surface area contributed by atoms with Crippen LogP contribution in [-0.2, 0) is 13.2 Å². The summed E-state index contributed by atoms with van der Waals surface area (Å²) < 4.78 is 5.79. The molecule has 3 heteroatoms. The first kappa shape index (κ1) is 12.9. The largest absolute Gasteiger partial charge is 0.487 e. The van der Waals surface area contributed by atoms with E-state index in [0.717, 1.165) is 11.1 Å². The molecule has 2 rings (SSSR count). The van der Waals surface area contributed by atoms with Gasteiger partial charge in [0.2, 0.25) is 0 Å². The van der Waals surface area contributed by atoms with Gasteiger partial charge in [0.25, 0.3) is 0 Å². The van der Waals surface area contributed by atoms with Gasteiger partial charge in [-0.25, -0.2) is 0 Å². The van der Waals surface area contributed by atoms with Gasteiger partial charge in [0.05, 0.1) is 5.02 Å². The highest BCUT2D eigenvalue weighted by Gasteiger charge is 2.07. The summed E-state index contributed by atoms with van der Waals surface area (Å²) in [6.45, 7) is 2.98. The fourth-order valence-corrected chi connectivity index (χ4v) is 2.08. The fraction of sp³-hybridized carbons (Fsp3) is 0.200. The predicted octanol–water partition coefficient (Wildman–Crippen LogP) is 3.69. The summed E-state index contributed by atoms with van der Waals surface area (Å²) in [5.41, 5.74) is 8.94. The summed E-state index contributed by atoms with van der Waals surface area (Å²) in [6, 6.07) is 13.8. The fourth-order valence-electron chi connectivity index (χ4n) is 1.83. The zero-order valence-corrected chi connectivity index (χ0v) is 11.1. The molecule has 18 heavy (non-hydrogen) atoms. The molecular formula is C15H16ClNO. The maximum absolute atomic E-state index is 6.13. The molecular weight excluding hydrogens is 246 g/mol. The van der Waals surface area contributed by atoms with E-state index in [1.54, 1.807) is 0 Å². The SMILES string of the molecule is Cc1cccc(COc2c(Cl)cccc2CN)c1. The maximum Gasteiger partial charge on any atom is 0.142 e. The highest BCUT2D eigenvalue weighted by molar-refractivity contribution is 6.32. The highest BCUT2D eigenvalue weighted by Crippen LogP contribution is 2.29. The molecule has 0 bridgehead atoms. The second-order valence-corrected chi connectivity index (χ2v) is 4.62. The Morgan fingerprint density at radius 3 is 2.67 bits per heavy atom. The monoisotopic (exact) mass is 261 g/mol. The molecule has 0 aliphatic carbocycles. The molecule has 0 amide bonds. The zero-order valence-electron chi connectivity index (χ0n) is 10.3. The van der Waals surface area contributed by atoms with Crippen LogP contribution in [0.5, 0.6) is 5.75 Å². The number of ether oxygens (including phenoxy) is 1. The number of rotatable bonds is 4. The van der Waals surface area contributed by atoms with Crippen molar-refractivity contribution in [2.75, 3.05) is 0 Å². The maximum atomic E-state index is 6.13.